The number of alkyl halides is 3. The molecule has 1 aromatic heterocycles. The van der Waals surface area contributed by atoms with Crippen molar-refractivity contribution in [1.29, 1.82) is 0 Å². The first-order valence-corrected chi connectivity index (χ1v) is 14.2. The van der Waals surface area contributed by atoms with E-state index in [1.165, 1.54) is 24.1 Å². The summed E-state index contributed by atoms with van der Waals surface area (Å²) in [7, 11) is -1.87. The van der Waals surface area contributed by atoms with E-state index in [4.69, 9.17) is 9.05 Å². The van der Waals surface area contributed by atoms with Gasteiger partial charge in [-0.25, -0.2) is 9.78 Å². The van der Waals surface area contributed by atoms with Gasteiger partial charge in [0.05, 0.1) is 36.2 Å². The van der Waals surface area contributed by atoms with E-state index in [0.717, 1.165) is 0 Å². The van der Waals surface area contributed by atoms with Crippen LogP contribution in [-0.2, 0) is 32.5 Å². The third-order valence-corrected chi connectivity index (χ3v) is 8.14. The summed E-state index contributed by atoms with van der Waals surface area (Å²) in [6.07, 6.45) is -4.19. The number of halogens is 3. The molecule has 2 heterocycles. The Hall–Kier alpha value is -4.00. The Bertz CT molecular complexity index is 1510. The molecule has 0 spiro atoms. The van der Waals surface area contributed by atoms with E-state index in [-0.39, 0.29) is 54.2 Å². The van der Waals surface area contributed by atoms with Crippen molar-refractivity contribution in [2.24, 2.45) is 0 Å². The second kappa shape index (κ2) is 11.9. The van der Waals surface area contributed by atoms with Gasteiger partial charge in [0, 0.05) is 31.0 Å². The van der Waals surface area contributed by atoms with Gasteiger partial charge in [-0.3, -0.25) is 9.36 Å². The highest BCUT2D eigenvalue weighted by atomic mass is 31.2. The molecule has 3 N–H and O–H groups in total. The molecule has 0 fully saturated rings. The Labute approximate surface area is 233 Å². The molecule has 41 heavy (non-hydrogen) atoms. The number of carbonyl (C=O) groups is 2. The van der Waals surface area contributed by atoms with Crippen LogP contribution in [0.4, 0.5) is 36.3 Å². The van der Waals surface area contributed by atoms with E-state index >= 15 is 0 Å². The van der Waals surface area contributed by atoms with Gasteiger partial charge in [-0.05, 0) is 43.7 Å². The van der Waals surface area contributed by atoms with Crippen LogP contribution in [0.2, 0.25) is 0 Å². The van der Waals surface area contributed by atoms with Crippen LogP contribution in [0, 0.1) is 0 Å². The number of aromatic nitrogens is 2. The average Bonchev–Trinajstić information content (AvgIpc) is 3.19. The number of aromatic carboxylic acids is 1. The van der Waals surface area contributed by atoms with E-state index in [0.29, 0.717) is 17.4 Å². The topological polar surface area (TPSA) is 143 Å². The highest BCUT2D eigenvalue weighted by molar-refractivity contribution is 7.53. The van der Waals surface area contributed by atoms with Crippen molar-refractivity contribution in [3.63, 3.8) is 0 Å². The Morgan fingerprint density at radius 3 is 2.34 bits per heavy atom. The summed E-state index contributed by atoms with van der Waals surface area (Å²) in [5.74, 6) is -2.60. The first-order chi connectivity index (χ1) is 19.3. The van der Waals surface area contributed by atoms with Crippen LogP contribution in [0.5, 0.6) is 0 Å². The van der Waals surface area contributed by atoms with Gasteiger partial charge in [-0.15, -0.1) is 0 Å². The molecule has 0 radical (unpaired) electrons. The molecule has 4 rings (SSSR count). The van der Waals surface area contributed by atoms with Gasteiger partial charge >= 0.3 is 19.7 Å². The highest BCUT2D eigenvalue weighted by Gasteiger charge is 2.37. The van der Waals surface area contributed by atoms with Gasteiger partial charge < -0.3 is 29.7 Å². The molecular weight excluding hydrogens is 566 g/mol. The standard InChI is InChI=1S/C26H27F3N5O6P/c1-4-39-41(38,40-5-2)14-15-6-8-16(9-7-15)31-25-30-12-19(26(27,28)29)22(33-25)32-20-11-10-17(24(36)37)18-13-34(3)23(35)21(18)20/h6-12H,4-5,13-14H2,1-3H3,(H,36,37)(H2,30,31,32,33). The van der Waals surface area contributed by atoms with Crippen molar-refractivity contribution in [2.75, 3.05) is 30.9 Å². The van der Waals surface area contributed by atoms with Crippen molar-refractivity contribution in [3.8, 4) is 0 Å². The number of nitrogens with zero attached hydrogens (tertiary/aromatic N) is 3. The monoisotopic (exact) mass is 593 g/mol. The molecule has 0 unspecified atom stereocenters. The lowest BCUT2D eigenvalue weighted by Gasteiger charge is -2.17. The van der Waals surface area contributed by atoms with Crippen molar-refractivity contribution in [1.82, 2.24) is 14.9 Å². The van der Waals surface area contributed by atoms with Crippen LogP contribution in [-0.4, -0.2) is 52.1 Å². The predicted octanol–water partition coefficient (Wildman–Crippen LogP) is 6.03. The molecule has 1 amide bonds. The third kappa shape index (κ3) is 6.67. The summed E-state index contributed by atoms with van der Waals surface area (Å²) >= 11 is 0. The molecular formula is C26H27F3N5O6P. The summed E-state index contributed by atoms with van der Waals surface area (Å²) in [5, 5.41) is 14.9. The first-order valence-electron chi connectivity index (χ1n) is 12.4. The smallest absolute Gasteiger partial charge is 0.421 e. The number of rotatable bonds is 11. The number of carbonyl (C=O) groups excluding carboxylic acids is 1. The lowest BCUT2D eigenvalue weighted by atomic mass is 10.0. The maximum absolute atomic E-state index is 13.8. The minimum Gasteiger partial charge on any atom is -0.478 e. The number of hydrogen-bond acceptors (Lipinski definition) is 9. The van der Waals surface area contributed by atoms with Gasteiger partial charge in [0.15, 0.2) is 0 Å². The number of benzene rings is 2. The maximum Gasteiger partial charge on any atom is 0.421 e. The zero-order chi connectivity index (χ0) is 29.9. The zero-order valence-electron chi connectivity index (χ0n) is 22.3. The van der Waals surface area contributed by atoms with Gasteiger partial charge in [0.2, 0.25) is 5.95 Å². The van der Waals surface area contributed by atoms with E-state index in [1.54, 1.807) is 38.1 Å². The predicted molar refractivity (Wildman–Crippen MR) is 144 cm³/mol. The van der Waals surface area contributed by atoms with Gasteiger partial charge in [0.1, 0.15) is 11.4 Å². The van der Waals surface area contributed by atoms with Gasteiger partial charge in [-0.1, -0.05) is 12.1 Å². The van der Waals surface area contributed by atoms with Crippen LogP contribution < -0.4 is 10.6 Å². The fourth-order valence-corrected chi connectivity index (χ4v) is 6.00. The summed E-state index contributed by atoms with van der Waals surface area (Å²) in [6.45, 7) is 3.85. The second-order valence-electron chi connectivity index (χ2n) is 8.99. The molecule has 15 heteroatoms. The Morgan fingerprint density at radius 2 is 1.76 bits per heavy atom. The fraction of sp³-hybridized carbons (Fsp3) is 0.308. The van der Waals surface area contributed by atoms with Crippen LogP contribution in [0.25, 0.3) is 0 Å². The van der Waals surface area contributed by atoms with E-state index in [2.05, 4.69) is 20.6 Å². The first kappa shape index (κ1) is 30.0. The van der Waals surface area contributed by atoms with Gasteiger partial charge in [-0.2, -0.15) is 18.2 Å². The molecule has 218 valence electrons. The molecule has 2 aromatic carbocycles. The number of anilines is 4. The summed E-state index contributed by atoms with van der Waals surface area (Å²) in [5.41, 5.74) is -0.0836. The normalized spacial score (nSPS) is 13.3. The number of hydrogen-bond donors (Lipinski definition) is 3. The molecule has 0 bridgehead atoms. The average molecular weight is 593 g/mol. The van der Waals surface area contributed by atoms with E-state index in [9.17, 15) is 32.4 Å². The second-order valence-corrected chi connectivity index (χ2v) is 11.0. The maximum atomic E-state index is 13.8. The summed E-state index contributed by atoms with van der Waals surface area (Å²) in [4.78, 5) is 33.5. The van der Waals surface area contributed by atoms with Crippen LogP contribution in [0.1, 0.15) is 51.3 Å². The Kier molecular flexibility index (Phi) is 8.66. The minimum atomic E-state index is -4.83. The van der Waals surface area contributed by atoms with E-state index in [1.807, 2.05) is 0 Å². The molecule has 1 aliphatic rings. The summed E-state index contributed by atoms with van der Waals surface area (Å²) in [6, 6.07) is 8.99. The van der Waals surface area contributed by atoms with Crippen molar-refractivity contribution in [2.45, 2.75) is 32.7 Å². The Morgan fingerprint density at radius 1 is 1.10 bits per heavy atom. The molecule has 0 saturated heterocycles. The number of fused-ring (bicyclic) bond motifs is 1. The van der Waals surface area contributed by atoms with Gasteiger partial charge in [0.25, 0.3) is 5.91 Å². The number of carboxylic acid groups (broad SMARTS) is 1. The van der Waals surface area contributed by atoms with Crippen LogP contribution >= 0.6 is 7.60 Å². The molecule has 11 nitrogen and oxygen atoms in total. The fourth-order valence-electron chi connectivity index (χ4n) is 4.30. The molecule has 0 atom stereocenters. The van der Waals surface area contributed by atoms with Crippen LogP contribution in [0.3, 0.4) is 0 Å². The van der Waals surface area contributed by atoms with Crippen molar-refractivity contribution < 1.29 is 41.5 Å². The molecule has 0 aliphatic carbocycles. The number of amides is 1. The van der Waals surface area contributed by atoms with Crippen molar-refractivity contribution in [3.05, 3.63) is 70.4 Å². The number of carboxylic acids is 1. The van der Waals surface area contributed by atoms with Crippen molar-refractivity contribution >= 4 is 42.6 Å². The minimum absolute atomic E-state index is 0.00534. The quantitative estimate of drug-likeness (QED) is 0.226. The highest BCUT2D eigenvalue weighted by Crippen LogP contribution is 2.51. The Balaban J connectivity index is 1.63. The largest absolute Gasteiger partial charge is 0.478 e. The van der Waals surface area contributed by atoms with E-state index < -0.39 is 37.0 Å². The molecule has 0 saturated carbocycles. The third-order valence-electron chi connectivity index (χ3n) is 6.08. The molecule has 1 aliphatic heterocycles. The van der Waals surface area contributed by atoms with Crippen LogP contribution in [0.15, 0.2) is 42.6 Å². The summed E-state index contributed by atoms with van der Waals surface area (Å²) < 4.78 is 64.9. The lowest BCUT2D eigenvalue weighted by molar-refractivity contribution is -0.137. The SMILES string of the molecule is CCOP(=O)(Cc1ccc(Nc2ncc(C(F)(F)F)c(Nc3ccc(C(=O)O)c4c3C(=O)N(C)C4)n2)cc1)OCC. The molecule has 3 aromatic rings. The number of nitrogens with one attached hydrogen (secondary N) is 2. The lowest BCUT2D eigenvalue weighted by Crippen LogP contribution is -2.18. The zero-order valence-corrected chi connectivity index (χ0v) is 23.2.